The molecule has 0 unspecified atom stereocenters. The van der Waals surface area contributed by atoms with Crippen LogP contribution in [0.3, 0.4) is 0 Å². The van der Waals surface area contributed by atoms with Crippen molar-refractivity contribution in [2.75, 3.05) is 44.2 Å². The van der Waals surface area contributed by atoms with Crippen LogP contribution in [-0.4, -0.2) is 44.2 Å². The lowest BCUT2D eigenvalue weighted by Gasteiger charge is -2.54. The molecular formula is C26H36N2O. The van der Waals surface area contributed by atoms with Gasteiger partial charge in [-0.25, -0.2) is 0 Å². The average Bonchev–Trinajstić information content (AvgIpc) is 2.77. The maximum absolute atomic E-state index is 5.94. The summed E-state index contributed by atoms with van der Waals surface area (Å²) in [5.74, 6) is 1.62. The second kappa shape index (κ2) is 9.32. The van der Waals surface area contributed by atoms with E-state index in [-0.39, 0.29) is 0 Å². The molecular weight excluding hydrogens is 356 g/mol. The maximum Gasteiger partial charge on any atom is 0.0716 e. The molecule has 0 amide bonds. The zero-order valence-corrected chi connectivity index (χ0v) is 18.1. The second-order valence-electron chi connectivity index (χ2n) is 9.40. The summed E-state index contributed by atoms with van der Waals surface area (Å²) >= 11 is 0. The second-order valence-corrected chi connectivity index (χ2v) is 9.40. The molecule has 2 fully saturated rings. The molecule has 3 nitrogen and oxygen atoms in total. The fourth-order valence-electron chi connectivity index (χ4n) is 5.05. The Bertz CT molecular complexity index is 738. The van der Waals surface area contributed by atoms with Crippen molar-refractivity contribution < 1.29 is 4.74 Å². The maximum atomic E-state index is 5.94. The van der Waals surface area contributed by atoms with Crippen molar-refractivity contribution in [3.8, 4) is 0 Å². The van der Waals surface area contributed by atoms with Gasteiger partial charge in [0.25, 0.3) is 0 Å². The van der Waals surface area contributed by atoms with Crippen LogP contribution < -0.4 is 4.90 Å². The summed E-state index contributed by atoms with van der Waals surface area (Å²) in [6.07, 6.45) is 2.55. The van der Waals surface area contributed by atoms with Gasteiger partial charge in [0, 0.05) is 45.0 Å². The smallest absolute Gasteiger partial charge is 0.0716 e. The molecule has 1 saturated heterocycles. The van der Waals surface area contributed by atoms with Crippen LogP contribution in [0.15, 0.2) is 60.7 Å². The molecule has 156 valence electrons. The first-order chi connectivity index (χ1) is 14.1. The van der Waals surface area contributed by atoms with E-state index < -0.39 is 0 Å². The van der Waals surface area contributed by atoms with Crippen LogP contribution in [0.4, 0.5) is 5.69 Å². The van der Waals surface area contributed by atoms with Crippen molar-refractivity contribution >= 4 is 5.69 Å². The van der Waals surface area contributed by atoms with Crippen molar-refractivity contribution in [2.24, 2.45) is 17.3 Å². The molecule has 29 heavy (non-hydrogen) atoms. The van der Waals surface area contributed by atoms with Gasteiger partial charge in [-0.05, 0) is 47.8 Å². The fourth-order valence-corrected chi connectivity index (χ4v) is 5.05. The number of piperazine rings is 1. The summed E-state index contributed by atoms with van der Waals surface area (Å²) in [5.41, 5.74) is 3.08. The Labute approximate surface area is 176 Å². The molecule has 1 aliphatic heterocycles. The molecule has 2 aromatic carbocycles. The summed E-state index contributed by atoms with van der Waals surface area (Å²) in [6, 6.07) is 21.3. The van der Waals surface area contributed by atoms with E-state index in [0.29, 0.717) is 5.41 Å². The predicted octanol–water partition coefficient (Wildman–Crippen LogP) is 5.08. The van der Waals surface area contributed by atoms with Gasteiger partial charge >= 0.3 is 0 Å². The SMILES string of the molecule is CC1(C)[C@H](CCOCc2ccccc2)C[C@@H]1CN1CCN(c2ccccc2)CC1. The summed E-state index contributed by atoms with van der Waals surface area (Å²) in [5, 5.41) is 0. The number of ether oxygens (including phenoxy) is 1. The van der Waals surface area contributed by atoms with Crippen molar-refractivity contribution in [1.29, 1.82) is 0 Å². The van der Waals surface area contributed by atoms with E-state index in [9.17, 15) is 0 Å². The van der Waals surface area contributed by atoms with Gasteiger partial charge in [0.15, 0.2) is 0 Å². The van der Waals surface area contributed by atoms with Crippen LogP contribution in [0.2, 0.25) is 0 Å². The Morgan fingerprint density at radius 2 is 1.52 bits per heavy atom. The van der Waals surface area contributed by atoms with Gasteiger partial charge in [-0.15, -0.1) is 0 Å². The molecule has 0 N–H and O–H groups in total. The highest BCUT2D eigenvalue weighted by Crippen LogP contribution is 2.53. The Kier molecular flexibility index (Phi) is 6.56. The Balaban J connectivity index is 1.16. The summed E-state index contributed by atoms with van der Waals surface area (Å²) in [7, 11) is 0. The lowest BCUT2D eigenvalue weighted by Crippen LogP contribution is -2.54. The Hall–Kier alpha value is -1.84. The first kappa shape index (κ1) is 20.4. The first-order valence-corrected chi connectivity index (χ1v) is 11.3. The monoisotopic (exact) mass is 392 g/mol. The fraction of sp³-hybridized carbons (Fsp3) is 0.538. The molecule has 1 heterocycles. The van der Waals surface area contributed by atoms with E-state index in [2.05, 4.69) is 84.3 Å². The molecule has 0 spiro atoms. The number of nitrogens with zero attached hydrogens (tertiary/aromatic N) is 2. The van der Waals surface area contributed by atoms with Crippen LogP contribution in [0.25, 0.3) is 0 Å². The minimum Gasteiger partial charge on any atom is -0.377 e. The molecule has 1 aliphatic carbocycles. The number of rotatable bonds is 8. The molecule has 3 heteroatoms. The Morgan fingerprint density at radius 1 is 0.862 bits per heavy atom. The van der Waals surface area contributed by atoms with Crippen LogP contribution in [0, 0.1) is 17.3 Å². The minimum atomic E-state index is 0.437. The molecule has 2 aliphatic rings. The van der Waals surface area contributed by atoms with Crippen molar-refractivity contribution in [1.82, 2.24) is 4.90 Å². The average molecular weight is 393 g/mol. The highest BCUT2D eigenvalue weighted by molar-refractivity contribution is 5.46. The van der Waals surface area contributed by atoms with Crippen LogP contribution in [0.5, 0.6) is 0 Å². The Morgan fingerprint density at radius 3 is 2.17 bits per heavy atom. The van der Waals surface area contributed by atoms with Gasteiger partial charge in [-0.1, -0.05) is 62.4 Å². The van der Waals surface area contributed by atoms with Gasteiger partial charge in [0.2, 0.25) is 0 Å². The summed E-state index contributed by atoms with van der Waals surface area (Å²) in [4.78, 5) is 5.21. The molecule has 0 radical (unpaired) electrons. The lowest BCUT2D eigenvalue weighted by molar-refractivity contribution is -0.0577. The third-order valence-corrected chi connectivity index (χ3v) is 7.37. The van der Waals surface area contributed by atoms with Crippen molar-refractivity contribution in [3.63, 3.8) is 0 Å². The topological polar surface area (TPSA) is 15.7 Å². The summed E-state index contributed by atoms with van der Waals surface area (Å²) < 4.78 is 5.94. The molecule has 4 rings (SSSR count). The quantitative estimate of drug-likeness (QED) is 0.583. The molecule has 2 aromatic rings. The first-order valence-electron chi connectivity index (χ1n) is 11.3. The number of benzene rings is 2. The van der Waals surface area contributed by atoms with Gasteiger partial charge in [-0.2, -0.15) is 0 Å². The number of hydrogen-bond acceptors (Lipinski definition) is 3. The third kappa shape index (κ3) is 5.02. The minimum absolute atomic E-state index is 0.437. The standard InChI is InChI=1S/C26H36N2O/c1-26(2)23(13-18-29-21-22-9-5-3-6-10-22)19-24(26)20-27-14-16-28(17-15-27)25-11-7-4-8-12-25/h3-12,23-24H,13-21H2,1-2H3/t23-,24-/m1/s1. The number of para-hydroxylation sites is 1. The zero-order valence-electron chi connectivity index (χ0n) is 18.1. The predicted molar refractivity (Wildman–Crippen MR) is 121 cm³/mol. The van der Waals surface area contributed by atoms with Gasteiger partial charge < -0.3 is 9.64 Å². The van der Waals surface area contributed by atoms with Crippen LogP contribution >= 0.6 is 0 Å². The number of anilines is 1. The summed E-state index contributed by atoms with van der Waals surface area (Å²) in [6.45, 7) is 12.5. The van der Waals surface area contributed by atoms with E-state index in [1.165, 1.54) is 43.7 Å². The highest BCUT2D eigenvalue weighted by atomic mass is 16.5. The lowest BCUT2D eigenvalue weighted by atomic mass is 9.53. The normalized spacial score (nSPS) is 24.3. The van der Waals surface area contributed by atoms with Crippen molar-refractivity contribution in [2.45, 2.75) is 33.3 Å². The van der Waals surface area contributed by atoms with E-state index in [0.717, 1.165) is 38.1 Å². The van der Waals surface area contributed by atoms with E-state index >= 15 is 0 Å². The highest BCUT2D eigenvalue weighted by Gasteiger charge is 2.47. The van der Waals surface area contributed by atoms with Gasteiger partial charge in [0.05, 0.1) is 6.61 Å². The van der Waals surface area contributed by atoms with Gasteiger partial charge in [0.1, 0.15) is 0 Å². The number of hydrogen-bond donors (Lipinski definition) is 0. The molecule has 1 saturated carbocycles. The van der Waals surface area contributed by atoms with E-state index in [1.54, 1.807) is 0 Å². The molecule has 0 aromatic heterocycles. The van der Waals surface area contributed by atoms with Gasteiger partial charge in [-0.3, -0.25) is 4.90 Å². The third-order valence-electron chi connectivity index (χ3n) is 7.37. The zero-order chi connectivity index (χ0) is 20.1. The van der Waals surface area contributed by atoms with E-state index in [1.807, 2.05) is 0 Å². The van der Waals surface area contributed by atoms with Crippen LogP contribution in [0.1, 0.15) is 32.3 Å². The van der Waals surface area contributed by atoms with Crippen LogP contribution in [-0.2, 0) is 11.3 Å². The molecule has 0 bridgehead atoms. The molecule has 2 atom stereocenters. The largest absolute Gasteiger partial charge is 0.377 e. The van der Waals surface area contributed by atoms with E-state index in [4.69, 9.17) is 4.74 Å². The van der Waals surface area contributed by atoms with Crippen molar-refractivity contribution in [3.05, 3.63) is 66.2 Å².